The summed E-state index contributed by atoms with van der Waals surface area (Å²) in [5.74, 6) is 0.980. The highest BCUT2D eigenvalue weighted by molar-refractivity contribution is 4.85. The normalized spacial score (nSPS) is 11.3. The number of aromatic nitrogens is 3. The van der Waals surface area contributed by atoms with Gasteiger partial charge in [0, 0.05) is 19.2 Å². The van der Waals surface area contributed by atoms with Gasteiger partial charge in [-0.3, -0.25) is 0 Å². The first-order chi connectivity index (χ1) is 8.25. The lowest BCUT2D eigenvalue weighted by atomic mass is 10.4. The summed E-state index contributed by atoms with van der Waals surface area (Å²) in [7, 11) is 0. The van der Waals surface area contributed by atoms with Crippen molar-refractivity contribution in [2.24, 2.45) is 0 Å². The minimum atomic E-state index is 0.357. The molecule has 1 N–H and O–H groups in total. The molecule has 0 aliphatic rings. The molecule has 1 aromatic rings. The summed E-state index contributed by atoms with van der Waals surface area (Å²) in [4.78, 5) is 4.23. The molecule has 17 heavy (non-hydrogen) atoms. The Morgan fingerprint density at radius 3 is 2.94 bits per heavy atom. The highest BCUT2D eigenvalue weighted by Crippen LogP contribution is 2.04. The average Bonchev–Trinajstić information content (AvgIpc) is 2.76. The van der Waals surface area contributed by atoms with Gasteiger partial charge >= 0.3 is 0 Å². The van der Waals surface area contributed by atoms with Crippen LogP contribution in [0.1, 0.15) is 45.5 Å². The van der Waals surface area contributed by atoms with Gasteiger partial charge in [-0.05, 0) is 20.3 Å². The van der Waals surface area contributed by atoms with Crippen molar-refractivity contribution in [3.05, 3.63) is 12.2 Å². The molecule has 5 nitrogen and oxygen atoms in total. The summed E-state index contributed by atoms with van der Waals surface area (Å²) in [6.45, 7) is 9.60. The molecule has 5 heteroatoms. The Bertz CT molecular complexity index is 298. The fourth-order valence-corrected chi connectivity index (χ4v) is 1.52. The zero-order valence-electron chi connectivity index (χ0n) is 11.1. The lowest BCUT2D eigenvalue weighted by Crippen LogP contribution is -2.22. The highest BCUT2D eigenvalue weighted by atomic mass is 16.5. The molecule has 0 fully saturated rings. The summed E-state index contributed by atoms with van der Waals surface area (Å²) in [5, 5.41) is 7.50. The van der Waals surface area contributed by atoms with Crippen LogP contribution in [0.25, 0.3) is 0 Å². The van der Waals surface area contributed by atoms with Crippen LogP contribution in [0.3, 0.4) is 0 Å². The van der Waals surface area contributed by atoms with Gasteiger partial charge in [-0.25, -0.2) is 9.67 Å². The van der Waals surface area contributed by atoms with E-state index in [1.54, 1.807) is 6.33 Å². The maximum absolute atomic E-state index is 5.47. The van der Waals surface area contributed by atoms with Crippen LogP contribution in [0.15, 0.2) is 6.33 Å². The van der Waals surface area contributed by atoms with Crippen molar-refractivity contribution in [1.82, 2.24) is 20.1 Å². The van der Waals surface area contributed by atoms with E-state index in [2.05, 4.69) is 36.2 Å². The molecule has 0 unspecified atom stereocenters. The van der Waals surface area contributed by atoms with Crippen LogP contribution in [-0.2, 0) is 11.3 Å². The number of hydrogen-bond donors (Lipinski definition) is 1. The molecule has 0 spiro atoms. The molecule has 0 aliphatic carbocycles. The van der Waals surface area contributed by atoms with Crippen LogP contribution < -0.4 is 5.32 Å². The van der Waals surface area contributed by atoms with E-state index in [-0.39, 0.29) is 0 Å². The second-order valence-corrected chi connectivity index (χ2v) is 4.36. The SMILES string of the molecule is CCCCOCCNCc1ncnn1C(C)C. The summed E-state index contributed by atoms with van der Waals surface area (Å²) < 4.78 is 7.40. The molecule has 0 bridgehead atoms. The van der Waals surface area contributed by atoms with Crippen LogP contribution in [0, 0.1) is 0 Å². The van der Waals surface area contributed by atoms with E-state index in [0.29, 0.717) is 6.04 Å². The van der Waals surface area contributed by atoms with Crippen LogP contribution in [0.2, 0.25) is 0 Å². The topological polar surface area (TPSA) is 52.0 Å². The minimum absolute atomic E-state index is 0.357. The van der Waals surface area contributed by atoms with Gasteiger partial charge in [0.15, 0.2) is 0 Å². The fourth-order valence-electron chi connectivity index (χ4n) is 1.52. The molecule has 0 saturated carbocycles. The van der Waals surface area contributed by atoms with Crippen molar-refractivity contribution >= 4 is 0 Å². The van der Waals surface area contributed by atoms with E-state index in [1.807, 2.05) is 4.68 Å². The quantitative estimate of drug-likeness (QED) is 0.668. The van der Waals surface area contributed by atoms with Crippen molar-refractivity contribution in [2.75, 3.05) is 19.8 Å². The lowest BCUT2D eigenvalue weighted by Gasteiger charge is -2.10. The third kappa shape index (κ3) is 5.28. The third-order valence-electron chi connectivity index (χ3n) is 2.48. The van der Waals surface area contributed by atoms with E-state index in [9.17, 15) is 0 Å². The van der Waals surface area contributed by atoms with E-state index < -0.39 is 0 Å². The zero-order valence-corrected chi connectivity index (χ0v) is 11.1. The molecule has 0 amide bonds. The highest BCUT2D eigenvalue weighted by Gasteiger charge is 2.06. The predicted octanol–water partition coefficient (Wildman–Crippen LogP) is 1.77. The van der Waals surface area contributed by atoms with Crippen LogP contribution >= 0.6 is 0 Å². The molecule has 0 aromatic carbocycles. The first-order valence-corrected chi connectivity index (χ1v) is 6.42. The van der Waals surface area contributed by atoms with Crippen molar-refractivity contribution < 1.29 is 4.74 Å². The molecular weight excluding hydrogens is 216 g/mol. The Balaban J connectivity index is 2.11. The first kappa shape index (κ1) is 14.1. The summed E-state index contributed by atoms with van der Waals surface area (Å²) in [6, 6.07) is 0.357. The maximum Gasteiger partial charge on any atom is 0.141 e. The van der Waals surface area contributed by atoms with Gasteiger partial charge in [-0.2, -0.15) is 5.10 Å². The van der Waals surface area contributed by atoms with Gasteiger partial charge in [-0.15, -0.1) is 0 Å². The van der Waals surface area contributed by atoms with E-state index >= 15 is 0 Å². The average molecular weight is 240 g/mol. The Morgan fingerprint density at radius 2 is 2.24 bits per heavy atom. The molecule has 0 atom stereocenters. The lowest BCUT2D eigenvalue weighted by molar-refractivity contribution is 0.132. The Hall–Kier alpha value is -0.940. The van der Waals surface area contributed by atoms with Crippen LogP contribution in [0.4, 0.5) is 0 Å². The smallest absolute Gasteiger partial charge is 0.141 e. The fraction of sp³-hybridized carbons (Fsp3) is 0.833. The van der Waals surface area contributed by atoms with Gasteiger partial charge in [0.05, 0.1) is 13.2 Å². The van der Waals surface area contributed by atoms with E-state index in [0.717, 1.165) is 38.5 Å². The molecule has 0 radical (unpaired) electrons. The standard InChI is InChI=1S/C12H24N4O/c1-4-5-7-17-8-6-13-9-12-14-10-15-16(12)11(2)3/h10-11,13H,4-9H2,1-3H3. The first-order valence-electron chi connectivity index (χ1n) is 6.42. The van der Waals surface area contributed by atoms with E-state index in [4.69, 9.17) is 4.74 Å². The van der Waals surface area contributed by atoms with Gasteiger partial charge in [0.1, 0.15) is 12.2 Å². The van der Waals surface area contributed by atoms with Crippen molar-refractivity contribution in [3.8, 4) is 0 Å². The van der Waals surface area contributed by atoms with E-state index in [1.165, 1.54) is 6.42 Å². The molecule has 0 aliphatic heterocycles. The Morgan fingerprint density at radius 1 is 1.41 bits per heavy atom. The van der Waals surface area contributed by atoms with Crippen LogP contribution in [-0.4, -0.2) is 34.5 Å². The Labute approximate surface area is 104 Å². The number of rotatable bonds is 9. The van der Waals surface area contributed by atoms with Crippen molar-refractivity contribution in [2.45, 2.75) is 46.2 Å². The third-order valence-corrected chi connectivity index (χ3v) is 2.48. The molecule has 1 heterocycles. The molecule has 0 saturated heterocycles. The molecule has 1 aromatic heterocycles. The molecule has 1 rings (SSSR count). The predicted molar refractivity (Wildman–Crippen MR) is 67.8 cm³/mol. The number of unbranched alkanes of at least 4 members (excludes halogenated alkanes) is 1. The minimum Gasteiger partial charge on any atom is -0.380 e. The molecule has 98 valence electrons. The zero-order chi connectivity index (χ0) is 12.5. The molecular formula is C12H24N4O. The largest absolute Gasteiger partial charge is 0.380 e. The van der Waals surface area contributed by atoms with Gasteiger partial charge in [-0.1, -0.05) is 13.3 Å². The summed E-state index contributed by atoms with van der Waals surface area (Å²) in [6.07, 6.45) is 3.93. The number of nitrogens with one attached hydrogen (secondary N) is 1. The monoisotopic (exact) mass is 240 g/mol. The number of nitrogens with zero attached hydrogens (tertiary/aromatic N) is 3. The second kappa shape index (κ2) is 8.20. The number of ether oxygens (including phenoxy) is 1. The van der Waals surface area contributed by atoms with Crippen molar-refractivity contribution in [1.29, 1.82) is 0 Å². The van der Waals surface area contributed by atoms with Crippen molar-refractivity contribution in [3.63, 3.8) is 0 Å². The summed E-state index contributed by atoms with van der Waals surface area (Å²) >= 11 is 0. The maximum atomic E-state index is 5.47. The van der Waals surface area contributed by atoms with Gasteiger partial charge in [0.2, 0.25) is 0 Å². The Kier molecular flexibility index (Phi) is 6.81. The van der Waals surface area contributed by atoms with Gasteiger partial charge in [0.25, 0.3) is 0 Å². The number of hydrogen-bond acceptors (Lipinski definition) is 4. The second-order valence-electron chi connectivity index (χ2n) is 4.36. The van der Waals surface area contributed by atoms with Crippen LogP contribution in [0.5, 0.6) is 0 Å². The van der Waals surface area contributed by atoms with Gasteiger partial charge < -0.3 is 10.1 Å². The summed E-state index contributed by atoms with van der Waals surface area (Å²) in [5.41, 5.74) is 0.